The van der Waals surface area contributed by atoms with Crippen molar-refractivity contribution in [3.05, 3.63) is 24.5 Å². The Morgan fingerprint density at radius 3 is 2.75 bits per heavy atom. The zero-order valence-corrected chi connectivity index (χ0v) is 9.65. The maximum Gasteiger partial charge on any atom is 0.227 e. The Balaban J connectivity index is 1.89. The monoisotopic (exact) mass is 218 g/mol. The zero-order valence-electron chi connectivity index (χ0n) is 9.65. The van der Waals surface area contributed by atoms with Gasteiger partial charge in [-0.3, -0.25) is 9.78 Å². The highest BCUT2D eigenvalue weighted by Crippen LogP contribution is 2.28. The molecule has 86 valence electrons. The van der Waals surface area contributed by atoms with Crippen molar-refractivity contribution in [3.63, 3.8) is 0 Å². The molecule has 0 atom stereocenters. The molecular formula is C13H18N2O. The van der Waals surface area contributed by atoms with Gasteiger partial charge in [-0.15, -0.1) is 0 Å². The Bertz CT molecular complexity index is 342. The summed E-state index contributed by atoms with van der Waals surface area (Å²) in [6.45, 7) is 2.26. The lowest BCUT2D eigenvalue weighted by atomic mass is 9.82. The van der Waals surface area contributed by atoms with E-state index < -0.39 is 0 Å². The molecule has 1 aliphatic carbocycles. The number of carbonyl (C=O) groups excluding carboxylic acids is 1. The first kappa shape index (κ1) is 11.1. The fraction of sp³-hybridized carbons (Fsp3) is 0.538. The molecule has 0 saturated heterocycles. The standard InChI is InChI=1S/C13H18N2O/c1-10-4-6-11(7-5-10)13(16)15-12-3-2-8-14-9-12/h2-3,8-11H,4-7H2,1H3,(H,15,16). The van der Waals surface area contributed by atoms with Gasteiger partial charge in [0.25, 0.3) is 0 Å². The predicted molar refractivity (Wildman–Crippen MR) is 64.0 cm³/mol. The van der Waals surface area contributed by atoms with E-state index in [2.05, 4.69) is 17.2 Å². The number of hydrogen-bond acceptors (Lipinski definition) is 2. The Morgan fingerprint density at radius 2 is 2.12 bits per heavy atom. The molecule has 1 N–H and O–H groups in total. The van der Waals surface area contributed by atoms with Crippen LogP contribution in [0.2, 0.25) is 0 Å². The SMILES string of the molecule is CC1CCC(C(=O)Nc2cccnc2)CC1. The minimum absolute atomic E-state index is 0.153. The molecule has 1 aromatic rings. The van der Waals surface area contributed by atoms with Crippen molar-refractivity contribution in [2.75, 3.05) is 5.32 Å². The first-order valence-corrected chi connectivity index (χ1v) is 5.96. The van der Waals surface area contributed by atoms with Crippen LogP contribution in [-0.2, 0) is 4.79 Å². The van der Waals surface area contributed by atoms with Crippen LogP contribution in [0.3, 0.4) is 0 Å². The second-order valence-electron chi connectivity index (χ2n) is 4.69. The number of pyridine rings is 1. The van der Waals surface area contributed by atoms with Crippen molar-refractivity contribution in [1.29, 1.82) is 0 Å². The molecule has 16 heavy (non-hydrogen) atoms. The first-order chi connectivity index (χ1) is 7.75. The molecular weight excluding hydrogens is 200 g/mol. The van der Waals surface area contributed by atoms with Crippen molar-refractivity contribution in [3.8, 4) is 0 Å². The van der Waals surface area contributed by atoms with E-state index in [1.165, 1.54) is 12.8 Å². The van der Waals surface area contributed by atoms with Gasteiger partial charge in [0.05, 0.1) is 11.9 Å². The molecule has 3 nitrogen and oxygen atoms in total. The van der Waals surface area contributed by atoms with Gasteiger partial charge >= 0.3 is 0 Å². The molecule has 0 spiro atoms. The highest BCUT2D eigenvalue weighted by atomic mass is 16.1. The fourth-order valence-electron chi connectivity index (χ4n) is 2.20. The second-order valence-corrected chi connectivity index (χ2v) is 4.69. The van der Waals surface area contributed by atoms with Gasteiger partial charge in [0.1, 0.15) is 0 Å². The molecule has 1 amide bonds. The Labute approximate surface area is 96.3 Å². The Morgan fingerprint density at radius 1 is 1.38 bits per heavy atom. The van der Waals surface area contributed by atoms with Crippen molar-refractivity contribution >= 4 is 11.6 Å². The first-order valence-electron chi connectivity index (χ1n) is 5.96. The summed E-state index contributed by atoms with van der Waals surface area (Å²) in [5.41, 5.74) is 0.797. The maximum atomic E-state index is 11.9. The molecule has 0 radical (unpaired) electrons. The number of hydrogen-bond donors (Lipinski definition) is 1. The lowest BCUT2D eigenvalue weighted by molar-refractivity contribution is -0.121. The average molecular weight is 218 g/mol. The predicted octanol–water partition coefficient (Wildman–Crippen LogP) is 2.85. The highest BCUT2D eigenvalue weighted by molar-refractivity contribution is 5.92. The van der Waals surface area contributed by atoms with Crippen LogP contribution in [0, 0.1) is 11.8 Å². The summed E-state index contributed by atoms with van der Waals surface area (Å²) in [7, 11) is 0. The average Bonchev–Trinajstić information content (AvgIpc) is 2.31. The van der Waals surface area contributed by atoms with Crippen LogP contribution in [-0.4, -0.2) is 10.9 Å². The minimum Gasteiger partial charge on any atom is -0.324 e. The van der Waals surface area contributed by atoms with Gasteiger partial charge < -0.3 is 5.32 Å². The van der Waals surface area contributed by atoms with Gasteiger partial charge in [0, 0.05) is 12.1 Å². The minimum atomic E-state index is 0.153. The highest BCUT2D eigenvalue weighted by Gasteiger charge is 2.24. The van der Waals surface area contributed by atoms with Gasteiger partial charge in [-0.25, -0.2) is 0 Å². The van der Waals surface area contributed by atoms with E-state index in [1.807, 2.05) is 12.1 Å². The van der Waals surface area contributed by atoms with Crippen LogP contribution in [0.25, 0.3) is 0 Å². The molecule has 2 rings (SSSR count). The Kier molecular flexibility index (Phi) is 3.54. The lowest BCUT2D eigenvalue weighted by Crippen LogP contribution is -2.26. The normalized spacial score (nSPS) is 25.1. The quantitative estimate of drug-likeness (QED) is 0.829. The van der Waals surface area contributed by atoms with Crippen LogP contribution in [0.15, 0.2) is 24.5 Å². The summed E-state index contributed by atoms with van der Waals surface area (Å²) < 4.78 is 0. The topological polar surface area (TPSA) is 42.0 Å². The van der Waals surface area contributed by atoms with Crippen molar-refractivity contribution in [2.24, 2.45) is 11.8 Å². The molecule has 0 aromatic carbocycles. The van der Waals surface area contributed by atoms with E-state index in [4.69, 9.17) is 0 Å². The summed E-state index contributed by atoms with van der Waals surface area (Å²) in [4.78, 5) is 15.9. The number of nitrogens with zero attached hydrogens (tertiary/aromatic N) is 1. The van der Waals surface area contributed by atoms with E-state index in [1.54, 1.807) is 12.4 Å². The summed E-state index contributed by atoms with van der Waals surface area (Å²) in [6.07, 6.45) is 7.78. The van der Waals surface area contributed by atoms with Crippen molar-refractivity contribution in [1.82, 2.24) is 4.98 Å². The van der Waals surface area contributed by atoms with Crippen LogP contribution < -0.4 is 5.32 Å². The molecule has 3 heteroatoms. The summed E-state index contributed by atoms with van der Waals surface area (Å²) >= 11 is 0. The molecule has 0 aliphatic heterocycles. The number of nitrogens with one attached hydrogen (secondary N) is 1. The third-order valence-corrected chi connectivity index (χ3v) is 3.32. The van der Waals surface area contributed by atoms with Gasteiger partial charge in [-0.1, -0.05) is 6.92 Å². The van der Waals surface area contributed by atoms with E-state index in [0.717, 1.165) is 24.4 Å². The number of anilines is 1. The van der Waals surface area contributed by atoms with Crippen LogP contribution >= 0.6 is 0 Å². The summed E-state index contributed by atoms with van der Waals surface area (Å²) in [5.74, 6) is 1.12. The second kappa shape index (κ2) is 5.10. The van der Waals surface area contributed by atoms with Gasteiger partial charge in [0.15, 0.2) is 0 Å². The number of aromatic nitrogens is 1. The molecule has 0 bridgehead atoms. The smallest absolute Gasteiger partial charge is 0.227 e. The van der Waals surface area contributed by atoms with Crippen LogP contribution in [0.4, 0.5) is 5.69 Å². The molecule has 1 fully saturated rings. The summed E-state index contributed by atoms with van der Waals surface area (Å²) in [5, 5.41) is 2.93. The van der Waals surface area contributed by atoms with Crippen LogP contribution in [0.5, 0.6) is 0 Å². The number of carbonyl (C=O) groups is 1. The van der Waals surface area contributed by atoms with E-state index in [9.17, 15) is 4.79 Å². The largest absolute Gasteiger partial charge is 0.324 e. The van der Waals surface area contributed by atoms with Gasteiger partial charge in [0.2, 0.25) is 5.91 Å². The van der Waals surface area contributed by atoms with Gasteiger partial charge in [-0.05, 0) is 43.7 Å². The van der Waals surface area contributed by atoms with Gasteiger partial charge in [-0.2, -0.15) is 0 Å². The number of rotatable bonds is 2. The lowest BCUT2D eigenvalue weighted by Gasteiger charge is -2.25. The summed E-state index contributed by atoms with van der Waals surface area (Å²) in [6, 6.07) is 3.70. The van der Waals surface area contributed by atoms with E-state index >= 15 is 0 Å². The van der Waals surface area contributed by atoms with E-state index in [0.29, 0.717) is 0 Å². The maximum absolute atomic E-state index is 11.9. The molecule has 0 unspecified atom stereocenters. The molecule has 1 aliphatic rings. The zero-order chi connectivity index (χ0) is 11.4. The number of amides is 1. The molecule has 1 aromatic heterocycles. The Hall–Kier alpha value is -1.38. The van der Waals surface area contributed by atoms with E-state index in [-0.39, 0.29) is 11.8 Å². The molecule has 1 heterocycles. The van der Waals surface area contributed by atoms with Crippen molar-refractivity contribution in [2.45, 2.75) is 32.6 Å². The molecule has 1 saturated carbocycles. The van der Waals surface area contributed by atoms with Crippen LogP contribution in [0.1, 0.15) is 32.6 Å². The third-order valence-electron chi connectivity index (χ3n) is 3.32. The fourth-order valence-corrected chi connectivity index (χ4v) is 2.20. The van der Waals surface area contributed by atoms with Crippen molar-refractivity contribution < 1.29 is 4.79 Å². The third kappa shape index (κ3) is 2.81.